The Morgan fingerprint density at radius 2 is 1.81 bits per heavy atom. The van der Waals surface area contributed by atoms with Crippen LogP contribution in [0.3, 0.4) is 0 Å². The molecule has 0 radical (unpaired) electrons. The highest BCUT2D eigenvalue weighted by Gasteiger charge is 2.45. The number of aliphatic hydroxyl groups is 1. The number of Topliss-reactive ketones (excluding diaryl/α,β-unsaturated/α-hetero) is 1. The van der Waals surface area contributed by atoms with Crippen LogP contribution in [0.1, 0.15) is 17.2 Å². The molecule has 1 atom stereocenters. The lowest BCUT2D eigenvalue weighted by atomic mass is 9.95. The zero-order valence-electron chi connectivity index (χ0n) is 15.2. The minimum atomic E-state index is -0.713. The number of carbonyl (C=O) groups is 2. The molecule has 2 aromatic rings. The van der Waals surface area contributed by atoms with Gasteiger partial charge in [0.15, 0.2) is 0 Å². The molecule has 1 aliphatic rings. The highest BCUT2D eigenvalue weighted by atomic mass is 16.5. The summed E-state index contributed by atoms with van der Waals surface area (Å²) in [6.07, 6.45) is 0. The quantitative estimate of drug-likeness (QED) is 0.483. The lowest BCUT2D eigenvalue weighted by Crippen LogP contribution is -2.32. The number of ether oxygens (including phenoxy) is 2. The number of rotatable bonds is 6. The molecule has 0 saturated carbocycles. The molecule has 0 spiro atoms. The molecular weight excluding hydrogens is 346 g/mol. The molecule has 27 heavy (non-hydrogen) atoms. The number of hydrogen-bond donors (Lipinski definition) is 1. The number of likely N-dealkylation sites (tertiary alicyclic amines) is 1. The van der Waals surface area contributed by atoms with Crippen molar-refractivity contribution in [2.45, 2.75) is 6.04 Å². The summed E-state index contributed by atoms with van der Waals surface area (Å²) in [7, 11) is 3.08. The minimum absolute atomic E-state index is 0.0653. The lowest BCUT2D eigenvalue weighted by molar-refractivity contribution is -0.140. The van der Waals surface area contributed by atoms with Crippen molar-refractivity contribution in [3.63, 3.8) is 0 Å². The minimum Gasteiger partial charge on any atom is -0.507 e. The third-order valence-electron chi connectivity index (χ3n) is 4.53. The highest BCUT2D eigenvalue weighted by Crippen LogP contribution is 2.39. The van der Waals surface area contributed by atoms with Crippen LogP contribution >= 0.6 is 0 Å². The molecular formula is C21H21NO5. The van der Waals surface area contributed by atoms with Crippen molar-refractivity contribution in [3.05, 3.63) is 71.3 Å². The summed E-state index contributed by atoms with van der Waals surface area (Å²) in [4.78, 5) is 26.8. The summed E-state index contributed by atoms with van der Waals surface area (Å²) in [6, 6.07) is 15.1. The second kappa shape index (κ2) is 8.05. The van der Waals surface area contributed by atoms with Crippen LogP contribution in [0.4, 0.5) is 0 Å². The average Bonchev–Trinajstić information content (AvgIpc) is 2.97. The Labute approximate surface area is 157 Å². The van der Waals surface area contributed by atoms with Gasteiger partial charge in [0.25, 0.3) is 11.7 Å². The first-order chi connectivity index (χ1) is 13.1. The SMILES string of the molecule is COCCN1C(=O)C(=O)/C(=C(/O)c2ccccc2)[C@@H]1c1cccc(OC)c1. The predicted octanol–water partition coefficient (Wildman–Crippen LogP) is 2.76. The standard InChI is InChI=1S/C21H21NO5/c1-26-12-11-22-18(15-9-6-10-16(13-15)27-2)17(20(24)21(22)25)19(23)14-7-4-3-5-8-14/h3-10,13,18,23H,11-12H2,1-2H3/b19-17+/t18-/m0/s1. The molecule has 6 heteroatoms. The Balaban J connectivity index is 2.16. The van der Waals surface area contributed by atoms with E-state index in [1.807, 2.05) is 6.07 Å². The normalized spacial score (nSPS) is 18.7. The molecule has 1 saturated heterocycles. The molecule has 6 nitrogen and oxygen atoms in total. The first-order valence-corrected chi connectivity index (χ1v) is 8.55. The van der Waals surface area contributed by atoms with Crippen molar-refractivity contribution >= 4 is 17.4 Å². The molecule has 1 N–H and O–H groups in total. The third kappa shape index (κ3) is 3.57. The largest absolute Gasteiger partial charge is 0.507 e. The average molecular weight is 367 g/mol. The van der Waals surface area contributed by atoms with E-state index in [-0.39, 0.29) is 24.5 Å². The van der Waals surface area contributed by atoms with Gasteiger partial charge in [0.1, 0.15) is 11.5 Å². The number of ketones is 1. The number of methoxy groups -OCH3 is 2. The second-order valence-electron chi connectivity index (χ2n) is 6.13. The van der Waals surface area contributed by atoms with Gasteiger partial charge in [-0.05, 0) is 17.7 Å². The van der Waals surface area contributed by atoms with E-state index >= 15 is 0 Å². The summed E-state index contributed by atoms with van der Waals surface area (Å²) < 4.78 is 10.4. The van der Waals surface area contributed by atoms with E-state index in [0.29, 0.717) is 16.9 Å². The molecule has 140 valence electrons. The smallest absolute Gasteiger partial charge is 0.295 e. The van der Waals surface area contributed by atoms with Crippen LogP contribution in [-0.4, -0.2) is 49.1 Å². The fourth-order valence-electron chi connectivity index (χ4n) is 3.21. The lowest BCUT2D eigenvalue weighted by Gasteiger charge is -2.25. The Kier molecular flexibility index (Phi) is 5.57. The maximum Gasteiger partial charge on any atom is 0.295 e. The number of nitrogens with zero attached hydrogens (tertiary/aromatic N) is 1. The summed E-state index contributed by atoms with van der Waals surface area (Å²) >= 11 is 0. The van der Waals surface area contributed by atoms with Crippen LogP contribution in [0.5, 0.6) is 5.75 Å². The highest BCUT2D eigenvalue weighted by molar-refractivity contribution is 6.46. The molecule has 1 fully saturated rings. The van der Waals surface area contributed by atoms with Crippen LogP contribution in [0.25, 0.3) is 5.76 Å². The predicted molar refractivity (Wildman–Crippen MR) is 100 cm³/mol. The maximum atomic E-state index is 12.8. The van der Waals surface area contributed by atoms with Crippen LogP contribution in [-0.2, 0) is 14.3 Å². The van der Waals surface area contributed by atoms with Gasteiger partial charge in [-0.3, -0.25) is 9.59 Å². The van der Waals surface area contributed by atoms with E-state index in [4.69, 9.17) is 9.47 Å². The number of aliphatic hydroxyl groups excluding tert-OH is 1. The van der Waals surface area contributed by atoms with Crippen molar-refractivity contribution in [1.29, 1.82) is 0 Å². The summed E-state index contributed by atoms with van der Waals surface area (Å²) in [6.45, 7) is 0.507. The van der Waals surface area contributed by atoms with E-state index in [9.17, 15) is 14.7 Å². The topological polar surface area (TPSA) is 76.1 Å². The van der Waals surface area contributed by atoms with Crippen molar-refractivity contribution in [2.24, 2.45) is 0 Å². The zero-order chi connectivity index (χ0) is 19.4. The van der Waals surface area contributed by atoms with Gasteiger partial charge in [-0.25, -0.2) is 0 Å². The fourth-order valence-corrected chi connectivity index (χ4v) is 3.21. The Hall–Kier alpha value is -3.12. The van der Waals surface area contributed by atoms with Crippen molar-refractivity contribution in [3.8, 4) is 5.75 Å². The molecule has 0 aliphatic carbocycles. The van der Waals surface area contributed by atoms with Gasteiger partial charge >= 0.3 is 0 Å². The van der Waals surface area contributed by atoms with Gasteiger partial charge in [0.05, 0.1) is 25.3 Å². The molecule has 2 aromatic carbocycles. The second-order valence-corrected chi connectivity index (χ2v) is 6.13. The van der Waals surface area contributed by atoms with Crippen LogP contribution in [0, 0.1) is 0 Å². The molecule has 1 heterocycles. The first kappa shape index (κ1) is 18.7. The Morgan fingerprint density at radius 1 is 1.07 bits per heavy atom. The van der Waals surface area contributed by atoms with Gasteiger partial charge in [-0.15, -0.1) is 0 Å². The molecule has 0 bridgehead atoms. The van der Waals surface area contributed by atoms with E-state index in [0.717, 1.165) is 0 Å². The van der Waals surface area contributed by atoms with E-state index < -0.39 is 17.7 Å². The Bertz CT molecular complexity index is 875. The number of carbonyl (C=O) groups excluding carboxylic acids is 2. The molecule has 3 rings (SSSR count). The summed E-state index contributed by atoms with van der Waals surface area (Å²) in [5.41, 5.74) is 1.23. The molecule has 0 unspecified atom stereocenters. The van der Waals surface area contributed by atoms with Gasteiger partial charge in [0.2, 0.25) is 0 Å². The monoisotopic (exact) mass is 367 g/mol. The van der Waals surface area contributed by atoms with Crippen LogP contribution in [0.2, 0.25) is 0 Å². The van der Waals surface area contributed by atoms with E-state index in [1.54, 1.807) is 55.6 Å². The molecule has 1 aliphatic heterocycles. The van der Waals surface area contributed by atoms with Crippen molar-refractivity contribution in [1.82, 2.24) is 4.90 Å². The van der Waals surface area contributed by atoms with Gasteiger partial charge < -0.3 is 19.5 Å². The summed E-state index contributed by atoms with van der Waals surface area (Å²) in [5.74, 6) is -0.955. The number of hydrogen-bond acceptors (Lipinski definition) is 5. The van der Waals surface area contributed by atoms with Gasteiger partial charge in [0, 0.05) is 19.2 Å². The third-order valence-corrected chi connectivity index (χ3v) is 4.53. The van der Waals surface area contributed by atoms with Crippen LogP contribution in [0.15, 0.2) is 60.2 Å². The van der Waals surface area contributed by atoms with E-state index in [2.05, 4.69) is 0 Å². The Morgan fingerprint density at radius 3 is 2.48 bits per heavy atom. The maximum absolute atomic E-state index is 12.8. The first-order valence-electron chi connectivity index (χ1n) is 8.55. The fraction of sp³-hybridized carbons (Fsp3) is 0.238. The van der Waals surface area contributed by atoms with Crippen molar-refractivity contribution in [2.75, 3.05) is 27.4 Å². The number of amides is 1. The number of benzene rings is 2. The molecule has 0 aromatic heterocycles. The van der Waals surface area contributed by atoms with Gasteiger partial charge in [-0.2, -0.15) is 0 Å². The van der Waals surface area contributed by atoms with Crippen molar-refractivity contribution < 1.29 is 24.2 Å². The summed E-state index contributed by atoms with van der Waals surface area (Å²) in [5, 5.41) is 10.8. The molecule has 1 amide bonds. The van der Waals surface area contributed by atoms with E-state index in [1.165, 1.54) is 12.0 Å². The zero-order valence-corrected chi connectivity index (χ0v) is 15.2. The van der Waals surface area contributed by atoms with Gasteiger partial charge in [-0.1, -0.05) is 42.5 Å². The van der Waals surface area contributed by atoms with Crippen LogP contribution < -0.4 is 4.74 Å².